The van der Waals surface area contributed by atoms with Crippen molar-refractivity contribution in [2.45, 2.75) is 86.0 Å². The fourth-order valence-electron chi connectivity index (χ4n) is 2.19. The molecule has 0 saturated carbocycles. The van der Waals surface area contributed by atoms with Crippen molar-refractivity contribution < 1.29 is 9.90 Å². The molecule has 0 amide bonds. The Morgan fingerprint density at radius 3 is 1.95 bits per heavy atom. The smallest absolute Gasteiger partial charge is 0.0533 e. The van der Waals surface area contributed by atoms with Crippen LogP contribution >= 0.6 is 22.6 Å². The molecule has 0 bridgehead atoms. The van der Waals surface area contributed by atoms with Crippen LogP contribution in [-0.4, -0.2) is 32.0 Å². The molecule has 0 spiro atoms. The number of halogens is 1. The van der Waals surface area contributed by atoms with Crippen molar-refractivity contribution in [3.05, 3.63) is 10.2 Å². The first kappa shape index (κ1) is 21.7. The zero-order chi connectivity index (χ0) is 15.6. The number of carboxylic acid groups (broad SMARTS) is 1. The van der Waals surface area contributed by atoms with Crippen LogP contribution in [0, 0.1) is 0 Å². The number of carboxylic acids is 1. The Labute approximate surface area is 154 Å². The van der Waals surface area contributed by atoms with Gasteiger partial charge < -0.3 is 0 Å². The first-order valence-corrected chi connectivity index (χ1v) is 12.9. The Morgan fingerprint density at radius 2 is 1.38 bits per heavy atom. The molecular weight excluding hydrogens is 491 g/mol. The number of hydrogen-bond acceptors (Lipinski definition) is 1. The number of aliphatic carboxylic acids is 1. The van der Waals surface area contributed by atoms with Gasteiger partial charge in [-0.15, -0.1) is 0 Å². The molecule has 0 atom stereocenters. The molecule has 124 valence electrons. The zero-order valence-corrected chi connectivity index (χ0v) is 17.7. The Hall–Kier alpha value is 0.730. The normalized spacial score (nSPS) is 11.3. The molecule has 4 heteroatoms. The maximum atomic E-state index is 10.4. The second-order valence-corrected chi connectivity index (χ2v) is 9.66. The molecule has 0 heterocycles. The van der Waals surface area contributed by atoms with Crippen molar-refractivity contribution in [3.8, 4) is 0 Å². The van der Waals surface area contributed by atoms with Gasteiger partial charge in [-0.05, 0) is 4.08 Å². The van der Waals surface area contributed by atoms with E-state index < -0.39 is 5.97 Å². The summed E-state index contributed by atoms with van der Waals surface area (Å²) in [5.74, 6) is -0.635. The van der Waals surface area contributed by atoms with Gasteiger partial charge in [-0.25, -0.2) is 0 Å². The Kier molecular flexibility index (Phi) is 19.4. The van der Waals surface area contributed by atoms with E-state index in [1.165, 1.54) is 73.1 Å². The average molecular weight is 522 g/mol. The summed E-state index contributed by atoms with van der Waals surface area (Å²) in [7, 11) is 0. The summed E-state index contributed by atoms with van der Waals surface area (Å²) in [6, 6.07) is 0. The summed E-state index contributed by atoms with van der Waals surface area (Å²) in [5, 5.41) is 8.54. The van der Waals surface area contributed by atoms with E-state index in [0.29, 0.717) is 6.42 Å². The van der Waals surface area contributed by atoms with Gasteiger partial charge in [0.15, 0.2) is 0 Å². The van der Waals surface area contributed by atoms with E-state index in [4.69, 9.17) is 5.11 Å². The van der Waals surface area contributed by atoms with Gasteiger partial charge in [0, 0.05) is 0 Å². The van der Waals surface area contributed by atoms with Crippen molar-refractivity contribution in [2.75, 3.05) is 0 Å². The summed E-state index contributed by atoms with van der Waals surface area (Å²) in [6.45, 7) is 0. The Bertz CT molecular complexity index is 257. The number of unbranched alkanes of at least 4 members (excludes halogenated alkanes) is 9. The molecule has 0 unspecified atom stereocenters. The number of hydrogen-bond donors (Lipinski definition) is 1. The van der Waals surface area contributed by atoms with Gasteiger partial charge in [0.25, 0.3) is 0 Å². The van der Waals surface area contributed by atoms with Crippen molar-refractivity contribution in [3.63, 3.8) is 0 Å². The summed E-state index contributed by atoms with van der Waals surface area (Å²) in [5.41, 5.74) is 0. The van der Waals surface area contributed by atoms with Gasteiger partial charge in [0.2, 0.25) is 0 Å². The third kappa shape index (κ3) is 20.7. The molecule has 0 rings (SSSR count). The molecular formula is C17H31IO2Te. The summed E-state index contributed by atoms with van der Waals surface area (Å²) < 4.78 is 4.74. The van der Waals surface area contributed by atoms with E-state index in [-0.39, 0.29) is 20.9 Å². The van der Waals surface area contributed by atoms with Crippen LogP contribution in [0.4, 0.5) is 0 Å². The fraction of sp³-hybridized carbons (Fsp3) is 0.824. The molecule has 0 aliphatic carbocycles. The molecule has 0 aromatic rings. The minimum Gasteiger partial charge on any atom is -0.0533 e. The predicted octanol–water partition coefficient (Wildman–Crippen LogP) is 6.24. The van der Waals surface area contributed by atoms with Crippen LogP contribution in [0.25, 0.3) is 0 Å². The predicted molar refractivity (Wildman–Crippen MR) is 102 cm³/mol. The Balaban J connectivity index is 2.98. The molecule has 0 fully saturated rings. The van der Waals surface area contributed by atoms with Crippen molar-refractivity contribution in [2.24, 2.45) is 0 Å². The van der Waals surface area contributed by atoms with Crippen LogP contribution in [0.15, 0.2) is 10.2 Å². The number of allylic oxidation sites excluding steroid dienone is 1. The fourth-order valence-corrected chi connectivity index (χ4v) is 5.30. The summed E-state index contributed by atoms with van der Waals surface area (Å²) >= 11 is 2.40. The van der Waals surface area contributed by atoms with Gasteiger partial charge >= 0.3 is 129 Å². The van der Waals surface area contributed by atoms with Crippen LogP contribution in [-0.2, 0) is 4.79 Å². The van der Waals surface area contributed by atoms with Gasteiger partial charge in [-0.1, -0.05) is 22.6 Å². The van der Waals surface area contributed by atoms with E-state index in [0.717, 1.165) is 6.42 Å². The quantitative estimate of drug-likeness (QED) is 0.148. The van der Waals surface area contributed by atoms with Crippen molar-refractivity contribution in [1.29, 1.82) is 0 Å². The Morgan fingerprint density at radius 1 is 0.857 bits per heavy atom. The van der Waals surface area contributed by atoms with Crippen LogP contribution in [0.1, 0.15) is 77.0 Å². The van der Waals surface area contributed by atoms with Crippen LogP contribution in [0.3, 0.4) is 0 Å². The first-order chi connectivity index (χ1) is 10.3. The third-order valence-corrected chi connectivity index (χ3v) is 7.23. The van der Waals surface area contributed by atoms with Crippen LogP contribution in [0.5, 0.6) is 0 Å². The molecule has 0 radical (unpaired) electrons. The second-order valence-electron chi connectivity index (χ2n) is 5.44. The molecule has 2 nitrogen and oxygen atoms in total. The molecule has 0 aromatic carbocycles. The monoisotopic (exact) mass is 524 g/mol. The molecule has 0 aromatic heterocycles. The minimum atomic E-state index is -0.635. The maximum absolute atomic E-state index is 10.4. The van der Waals surface area contributed by atoms with E-state index in [1.54, 1.807) is 0 Å². The van der Waals surface area contributed by atoms with E-state index >= 15 is 0 Å². The van der Waals surface area contributed by atoms with Crippen molar-refractivity contribution >= 4 is 49.5 Å². The van der Waals surface area contributed by atoms with E-state index in [2.05, 4.69) is 32.7 Å². The topological polar surface area (TPSA) is 37.3 Å². The molecule has 21 heavy (non-hydrogen) atoms. The zero-order valence-electron chi connectivity index (χ0n) is 13.2. The van der Waals surface area contributed by atoms with Crippen molar-refractivity contribution in [1.82, 2.24) is 0 Å². The SMILES string of the molecule is O=C(O)CCC[Te]CCCCCCCCCCC/C=C/I. The second kappa shape index (κ2) is 18.8. The summed E-state index contributed by atoms with van der Waals surface area (Å²) in [6.07, 6.45) is 17.4. The molecule has 1 N–H and O–H groups in total. The standard InChI is InChI=1S/C17H31IO2Te/c18-14-10-8-6-4-2-1-3-5-7-9-11-15-21-16-12-13-17(19)20/h10,14H,1-9,11-13,15-16H2,(H,19,20)/b14-10+. The van der Waals surface area contributed by atoms with Crippen LogP contribution in [0.2, 0.25) is 8.94 Å². The molecule has 0 aliphatic heterocycles. The number of rotatable bonds is 16. The van der Waals surface area contributed by atoms with Gasteiger partial charge in [0.05, 0.1) is 0 Å². The first-order valence-electron chi connectivity index (χ1n) is 8.32. The van der Waals surface area contributed by atoms with Gasteiger partial charge in [-0.3, -0.25) is 0 Å². The third-order valence-electron chi connectivity index (χ3n) is 3.43. The van der Waals surface area contributed by atoms with E-state index in [1.807, 2.05) is 0 Å². The molecule has 0 aliphatic rings. The van der Waals surface area contributed by atoms with Gasteiger partial charge in [0.1, 0.15) is 0 Å². The minimum absolute atomic E-state index is 0.115. The molecule has 0 saturated heterocycles. The van der Waals surface area contributed by atoms with Crippen LogP contribution < -0.4 is 0 Å². The van der Waals surface area contributed by atoms with Gasteiger partial charge in [-0.2, -0.15) is 0 Å². The summed E-state index contributed by atoms with van der Waals surface area (Å²) in [4.78, 5) is 10.4. The van der Waals surface area contributed by atoms with E-state index in [9.17, 15) is 4.79 Å². The average Bonchev–Trinajstić information content (AvgIpc) is 2.46. The number of carbonyl (C=O) groups is 1.